The minimum absolute atomic E-state index is 0. The zero-order chi connectivity index (χ0) is 6.97. The van der Waals surface area contributed by atoms with Crippen molar-refractivity contribution >= 4 is 12.4 Å². The molecule has 1 nitrogen and oxygen atoms in total. The Hall–Kier alpha value is 0.250. The Morgan fingerprint density at radius 2 is 1.55 bits per heavy atom. The van der Waals surface area contributed by atoms with Crippen molar-refractivity contribution in [1.82, 2.24) is 0 Å². The van der Waals surface area contributed by atoms with Gasteiger partial charge in [-0.3, -0.25) is 0 Å². The monoisotopic (exact) mass is 175 g/mol. The number of rotatable bonds is 1. The molecule has 2 heteroatoms. The van der Waals surface area contributed by atoms with E-state index in [2.05, 4.69) is 0 Å². The van der Waals surface area contributed by atoms with E-state index < -0.39 is 0 Å². The van der Waals surface area contributed by atoms with Gasteiger partial charge in [0.15, 0.2) is 0 Å². The summed E-state index contributed by atoms with van der Waals surface area (Å²) in [6, 6.07) is 0.586. The Morgan fingerprint density at radius 3 is 2.00 bits per heavy atom. The quantitative estimate of drug-likeness (QED) is 0.651. The van der Waals surface area contributed by atoms with Gasteiger partial charge in [-0.25, -0.2) is 0 Å². The van der Waals surface area contributed by atoms with Gasteiger partial charge in [-0.2, -0.15) is 0 Å². The van der Waals surface area contributed by atoms with Crippen molar-refractivity contribution in [2.24, 2.45) is 17.6 Å². The molecular formula is C9H18ClN. The second kappa shape index (κ2) is 3.77. The van der Waals surface area contributed by atoms with Crippen molar-refractivity contribution in [1.29, 1.82) is 0 Å². The average molecular weight is 176 g/mol. The van der Waals surface area contributed by atoms with E-state index in [9.17, 15) is 0 Å². The third-order valence-corrected chi connectivity index (χ3v) is 3.15. The predicted octanol–water partition coefficient (Wildman–Crippen LogP) is 2.34. The molecule has 2 saturated carbocycles. The fourth-order valence-electron chi connectivity index (χ4n) is 2.34. The van der Waals surface area contributed by atoms with Crippen LogP contribution in [0.1, 0.15) is 38.5 Å². The lowest BCUT2D eigenvalue weighted by Gasteiger charge is -2.20. The van der Waals surface area contributed by atoms with Crippen LogP contribution in [-0.4, -0.2) is 6.04 Å². The molecule has 2 rings (SSSR count). The summed E-state index contributed by atoms with van der Waals surface area (Å²) in [6.45, 7) is 0. The van der Waals surface area contributed by atoms with Gasteiger partial charge >= 0.3 is 0 Å². The molecule has 11 heavy (non-hydrogen) atoms. The van der Waals surface area contributed by atoms with Crippen LogP contribution in [-0.2, 0) is 0 Å². The predicted molar refractivity (Wildman–Crippen MR) is 49.9 cm³/mol. The summed E-state index contributed by atoms with van der Waals surface area (Å²) in [5.41, 5.74) is 5.80. The summed E-state index contributed by atoms with van der Waals surface area (Å²) in [7, 11) is 0. The zero-order valence-corrected chi connectivity index (χ0v) is 7.78. The van der Waals surface area contributed by atoms with E-state index in [-0.39, 0.29) is 12.4 Å². The van der Waals surface area contributed by atoms with Gasteiger partial charge in [-0.1, -0.05) is 32.1 Å². The van der Waals surface area contributed by atoms with E-state index in [0.29, 0.717) is 6.04 Å². The van der Waals surface area contributed by atoms with Crippen molar-refractivity contribution < 1.29 is 0 Å². The number of hydrogen-bond acceptors (Lipinski definition) is 1. The molecule has 2 atom stereocenters. The summed E-state index contributed by atoms with van der Waals surface area (Å²) in [6.07, 6.45) is 8.67. The fourth-order valence-corrected chi connectivity index (χ4v) is 2.34. The Morgan fingerprint density at radius 1 is 1.00 bits per heavy atom. The lowest BCUT2D eigenvalue weighted by molar-refractivity contribution is 0.318. The molecule has 0 aliphatic heterocycles. The first-order chi connectivity index (χ1) is 4.88. The second-order valence-corrected chi connectivity index (χ2v) is 3.96. The lowest BCUT2D eigenvalue weighted by atomic mass is 9.86. The molecule has 0 saturated heterocycles. The van der Waals surface area contributed by atoms with Gasteiger partial charge < -0.3 is 5.73 Å². The van der Waals surface area contributed by atoms with Crippen LogP contribution in [0.5, 0.6) is 0 Å². The third-order valence-electron chi connectivity index (χ3n) is 3.15. The van der Waals surface area contributed by atoms with Crippen LogP contribution >= 0.6 is 12.4 Å². The third kappa shape index (κ3) is 2.09. The SMILES string of the molecule is Cl.N[C@@H]1C[C@H]1C1CCCCC1. The molecule has 2 aliphatic rings. The van der Waals surface area contributed by atoms with Crippen molar-refractivity contribution in [3.63, 3.8) is 0 Å². The van der Waals surface area contributed by atoms with E-state index in [1.807, 2.05) is 0 Å². The van der Waals surface area contributed by atoms with E-state index in [1.54, 1.807) is 0 Å². The first kappa shape index (κ1) is 9.34. The van der Waals surface area contributed by atoms with E-state index in [1.165, 1.54) is 38.5 Å². The molecule has 0 spiro atoms. The molecule has 0 heterocycles. The van der Waals surface area contributed by atoms with Gasteiger partial charge in [-0.15, -0.1) is 12.4 Å². The Kier molecular flexibility index (Phi) is 3.20. The summed E-state index contributed by atoms with van der Waals surface area (Å²) in [5.74, 6) is 1.95. The average Bonchev–Trinajstić information content (AvgIpc) is 2.69. The number of halogens is 1. The maximum Gasteiger partial charge on any atom is 0.00737 e. The van der Waals surface area contributed by atoms with E-state index >= 15 is 0 Å². The van der Waals surface area contributed by atoms with E-state index in [0.717, 1.165) is 11.8 Å². The van der Waals surface area contributed by atoms with Crippen LogP contribution in [0.4, 0.5) is 0 Å². The topological polar surface area (TPSA) is 26.0 Å². The Labute approximate surface area is 75.1 Å². The summed E-state index contributed by atoms with van der Waals surface area (Å²) in [4.78, 5) is 0. The molecule has 0 unspecified atom stereocenters. The second-order valence-electron chi connectivity index (χ2n) is 3.96. The molecule has 0 radical (unpaired) electrons. The maximum absolute atomic E-state index is 5.80. The van der Waals surface area contributed by atoms with Crippen molar-refractivity contribution in [3.8, 4) is 0 Å². The van der Waals surface area contributed by atoms with Crippen LogP contribution < -0.4 is 5.73 Å². The first-order valence-corrected chi connectivity index (χ1v) is 4.63. The maximum atomic E-state index is 5.80. The van der Waals surface area contributed by atoms with Gasteiger partial charge in [-0.05, 0) is 18.3 Å². The van der Waals surface area contributed by atoms with Gasteiger partial charge in [0.2, 0.25) is 0 Å². The first-order valence-electron chi connectivity index (χ1n) is 4.63. The molecule has 66 valence electrons. The molecule has 2 fully saturated rings. The molecule has 0 aromatic rings. The highest BCUT2D eigenvalue weighted by molar-refractivity contribution is 5.85. The zero-order valence-electron chi connectivity index (χ0n) is 6.96. The number of nitrogens with two attached hydrogens (primary N) is 1. The molecule has 0 bridgehead atoms. The molecule has 0 aromatic carbocycles. The van der Waals surface area contributed by atoms with E-state index in [4.69, 9.17) is 5.73 Å². The molecule has 2 aliphatic carbocycles. The molecule has 0 aromatic heterocycles. The highest BCUT2D eigenvalue weighted by Gasteiger charge is 2.39. The Balaban J connectivity index is 0.000000605. The summed E-state index contributed by atoms with van der Waals surface area (Å²) >= 11 is 0. The molecule has 0 amide bonds. The summed E-state index contributed by atoms with van der Waals surface area (Å²) in [5, 5.41) is 0. The van der Waals surface area contributed by atoms with Crippen LogP contribution in [0.15, 0.2) is 0 Å². The number of hydrogen-bond donors (Lipinski definition) is 1. The van der Waals surface area contributed by atoms with Gasteiger partial charge in [0.25, 0.3) is 0 Å². The van der Waals surface area contributed by atoms with Crippen LogP contribution in [0.2, 0.25) is 0 Å². The molecular weight excluding hydrogens is 158 g/mol. The standard InChI is InChI=1S/C9H17N.ClH/c10-9-6-8(9)7-4-2-1-3-5-7;/h7-9H,1-6,10H2;1H/t8-,9+;/m0./s1. The normalized spacial score (nSPS) is 37.9. The summed E-state index contributed by atoms with van der Waals surface area (Å²) < 4.78 is 0. The minimum atomic E-state index is 0. The fraction of sp³-hybridized carbons (Fsp3) is 1.00. The lowest BCUT2D eigenvalue weighted by Crippen LogP contribution is -2.13. The Bertz CT molecular complexity index is 121. The van der Waals surface area contributed by atoms with Gasteiger partial charge in [0.1, 0.15) is 0 Å². The van der Waals surface area contributed by atoms with Crippen LogP contribution in [0.25, 0.3) is 0 Å². The van der Waals surface area contributed by atoms with Crippen molar-refractivity contribution in [2.75, 3.05) is 0 Å². The van der Waals surface area contributed by atoms with Crippen molar-refractivity contribution in [3.05, 3.63) is 0 Å². The molecule has 2 N–H and O–H groups in total. The van der Waals surface area contributed by atoms with Gasteiger partial charge in [0.05, 0.1) is 0 Å². The minimum Gasteiger partial charge on any atom is -0.327 e. The largest absolute Gasteiger partial charge is 0.327 e. The highest BCUT2D eigenvalue weighted by Crippen LogP contribution is 2.42. The smallest absolute Gasteiger partial charge is 0.00737 e. The van der Waals surface area contributed by atoms with Crippen LogP contribution in [0.3, 0.4) is 0 Å². The van der Waals surface area contributed by atoms with Gasteiger partial charge in [0, 0.05) is 6.04 Å². The highest BCUT2D eigenvalue weighted by atomic mass is 35.5. The van der Waals surface area contributed by atoms with Crippen LogP contribution in [0, 0.1) is 11.8 Å². The van der Waals surface area contributed by atoms with Crippen molar-refractivity contribution in [2.45, 2.75) is 44.6 Å².